The zero-order valence-electron chi connectivity index (χ0n) is 8.26. The quantitative estimate of drug-likeness (QED) is 0.575. The fourth-order valence-electron chi connectivity index (χ4n) is 1.96. The molecule has 1 aliphatic rings. The van der Waals surface area contributed by atoms with Crippen LogP contribution < -0.4 is 0 Å². The highest BCUT2D eigenvalue weighted by Gasteiger charge is 2.36. The van der Waals surface area contributed by atoms with Crippen LogP contribution in [0.2, 0.25) is 0 Å². The second-order valence-corrected chi connectivity index (χ2v) is 4.58. The smallest absolute Gasteiger partial charge is 0.0596 e. The molecule has 1 aromatic heterocycles. The van der Waals surface area contributed by atoms with Crippen molar-refractivity contribution in [3.8, 4) is 0 Å². The average Bonchev–Trinajstić information content (AvgIpc) is 2.35. The molecule has 0 aliphatic carbocycles. The first-order valence-electron chi connectivity index (χ1n) is 4.55. The average molecular weight is 164 g/mol. The Bertz CT molecular complexity index is 310. The van der Waals surface area contributed by atoms with Gasteiger partial charge in [-0.05, 0) is 18.4 Å². The van der Waals surface area contributed by atoms with Crippen molar-refractivity contribution in [3.63, 3.8) is 0 Å². The van der Waals surface area contributed by atoms with Gasteiger partial charge in [-0.15, -0.1) is 0 Å². The van der Waals surface area contributed by atoms with E-state index in [-0.39, 0.29) is 0 Å². The molecule has 1 atom stereocenters. The molecule has 0 amide bonds. The molecule has 0 saturated heterocycles. The van der Waals surface area contributed by atoms with Gasteiger partial charge in [0.05, 0.1) is 5.69 Å². The Kier molecular flexibility index (Phi) is 1.39. The van der Waals surface area contributed by atoms with Crippen molar-refractivity contribution in [2.45, 2.75) is 40.2 Å². The summed E-state index contributed by atoms with van der Waals surface area (Å²) >= 11 is 0. The normalized spacial score (nSPS) is 25.8. The minimum Gasteiger partial charge on any atom is -0.268 e. The fourth-order valence-corrected chi connectivity index (χ4v) is 1.96. The molecule has 0 radical (unpaired) electrons. The van der Waals surface area contributed by atoms with Crippen LogP contribution in [0, 0.1) is 12.3 Å². The lowest BCUT2D eigenvalue weighted by molar-refractivity contribution is 0.300. The van der Waals surface area contributed by atoms with Gasteiger partial charge in [0.2, 0.25) is 0 Å². The Balaban J connectivity index is 2.46. The highest BCUT2D eigenvalue weighted by molar-refractivity contribution is 5.19. The highest BCUT2D eigenvalue weighted by Crippen LogP contribution is 2.42. The lowest BCUT2D eigenvalue weighted by atomic mass is 9.81. The maximum absolute atomic E-state index is 4.45. The molecule has 1 aliphatic heterocycles. The van der Waals surface area contributed by atoms with Crippen LogP contribution in [0.3, 0.4) is 0 Å². The Morgan fingerprint density at radius 3 is 2.83 bits per heavy atom. The first-order chi connectivity index (χ1) is 5.50. The number of aryl methyl sites for hydroxylation is 1. The lowest BCUT2D eigenvalue weighted by Gasteiger charge is -2.21. The third kappa shape index (κ3) is 0.904. The summed E-state index contributed by atoms with van der Waals surface area (Å²) in [4.78, 5) is 0. The molecule has 2 nitrogen and oxygen atoms in total. The molecular weight excluding hydrogens is 148 g/mol. The van der Waals surface area contributed by atoms with Crippen LogP contribution in [-0.2, 0) is 6.54 Å². The zero-order chi connectivity index (χ0) is 8.93. The topological polar surface area (TPSA) is 17.8 Å². The van der Waals surface area contributed by atoms with E-state index >= 15 is 0 Å². The van der Waals surface area contributed by atoms with Crippen molar-refractivity contribution >= 4 is 0 Å². The van der Waals surface area contributed by atoms with Crippen molar-refractivity contribution in [1.29, 1.82) is 0 Å². The molecular formula is C10H16N2. The molecule has 1 unspecified atom stereocenters. The molecule has 0 saturated carbocycles. The molecule has 1 aromatic rings. The van der Waals surface area contributed by atoms with E-state index in [1.165, 1.54) is 5.69 Å². The summed E-state index contributed by atoms with van der Waals surface area (Å²) in [6.07, 6.45) is 0. The second kappa shape index (κ2) is 2.12. The SMILES string of the molecule is Cc1cc2n(n1)CC(C)(C)C2C. The van der Waals surface area contributed by atoms with Gasteiger partial charge in [-0.2, -0.15) is 5.10 Å². The molecule has 0 spiro atoms. The summed E-state index contributed by atoms with van der Waals surface area (Å²) in [6.45, 7) is 10.0. The molecule has 66 valence electrons. The number of aromatic nitrogens is 2. The first-order valence-corrected chi connectivity index (χ1v) is 4.55. The van der Waals surface area contributed by atoms with Crippen molar-refractivity contribution in [2.24, 2.45) is 5.41 Å². The van der Waals surface area contributed by atoms with Gasteiger partial charge in [0.15, 0.2) is 0 Å². The summed E-state index contributed by atoms with van der Waals surface area (Å²) in [5.74, 6) is 0.638. The van der Waals surface area contributed by atoms with Gasteiger partial charge in [-0.3, -0.25) is 4.68 Å². The van der Waals surface area contributed by atoms with E-state index in [0.717, 1.165) is 12.2 Å². The van der Waals surface area contributed by atoms with Crippen molar-refractivity contribution in [3.05, 3.63) is 17.5 Å². The van der Waals surface area contributed by atoms with E-state index < -0.39 is 0 Å². The molecule has 0 aromatic carbocycles. The number of hydrogen-bond donors (Lipinski definition) is 0. The number of rotatable bonds is 0. The third-order valence-electron chi connectivity index (χ3n) is 3.11. The Hall–Kier alpha value is -0.790. The predicted octanol–water partition coefficient (Wildman–Crippen LogP) is 2.33. The number of hydrogen-bond acceptors (Lipinski definition) is 1. The summed E-state index contributed by atoms with van der Waals surface area (Å²) in [5.41, 5.74) is 2.93. The van der Waals surface area contributed by atoms with E-state index in [0.29, 0.717) is 11.3 Å². The minimum atomic E-state index is 0.385. The van der Waals surface area contributed by atoms with Crippen LogP contribution in [0.15, 0.2) is 6.07 Å². The standard InChI is InChI=1S/C10H16N2/c1-7-5-9-8(2)10(3,4)6-12(9)11-7/h5,8H,6H2,1-4H3. The van der Waals surface area contributed by atoms with Crippen LogP contribution in [0.25, 0.3) is 0 Å². The molecule has 2 heterocycles. The van der Waals surface area contributed by atoms with Crippen molar-refractivity contribution < 1.29 is 0 Å². The molecule has 0 N–H and O–H groups in total. The molecule has 2 heteroatoms. The van der Waals surface area contributed by atoms with Crippen LogP contribution in [-0.4, -0.2) is 9.78 Å². The summed E-state index contributed by atoms with van der Waals surface area (Å²) in [7, 11) is 0. The van der Waals surface area contributed by atoms with Gasteiger partial charge in [0.1, 0.15) is 0 Å². The molecule has 0 bridgehead atoms. The largest absolute Gasteiger partial charge is 0.268 e. The van der Waals surface area contributed by atoms with E-state index in [9.17, 15) is 0 Å². The summed E-state index contributed by atoms with van der Waals surface area (Å²) in [5, 5.41) is 4.45. The van der Waals surface area contributed by atoms with E-state index in [4.69, 9.17) is 0 Å². The van der Waals surface area contributed by atoms with Crippen LogP contribution in [0.5, 0.6) is 0 Å². The number of nitrogens with zero attached hydrogens (tertiary/aromatic N) is 2. The van der Waals surface area contributed by atoms with Crippen molar-refractivity contribution in [1.82, 2.24) is 9.78 Å². The number of fused-ring (bicyclic) bond motifs is 1. The second-order valence-electron chi connectivity index (χ2n) is 4.58. The molecule has 0 fully saturated rings. The monoisotopic (exact) mass is 164 g/mol. The molecule has 2 rings (SSSR count). The van der Waals surface area contributed by atoms with E-state index in [2.05, 4.69) is 43.5 Å². The Morgan fingerprint density at radius 1 is 1.58 bits per heavy atom. The van der Waals surface area contributed by atoms with Crippen LogP contribution >= 0.6 is 0 Å². The van der Waals surface area contributed by atoms with Gasteiger partial charge in [0, 0.05) is 18.2 Å². The summed E-state index contributed by atoms with van der Waals surface area (Å²) < 4.78 is 2.15. The lowest BCUT2D eigenvalue weighted by Crippen LogP contribution is -2.16. The zero-order valence-corrected chi connectivity index (χ0v) is 8.26. The first kappa shape index (κ1) is 7.84. The van der Waals surface area contributed by atoms with Gasteiger partial charge in [0.25, 0.3) is 0 Å². The van der Waals surface area contributed by atoms with Crippen LogP contribution in [0.4, 0.5) is 0 Å². The molecule has 12 heavy (non-hydrogen) atoms. The predicted molar refractivity (Wildman–Crippen MR) is 49.2 cm³/mol. The van der Waals surface area contributed by atoms with Gasteiger partial charge in [-0.1, -0.05) is 20.8 Å². The third-order valence-corrected chi connectivity index (χ3v) is 3.11. The Labute approximate surface area is 73.6 Å². The van der Waals surface area contributed by atoms with Crippen molar-refractivity contribution in [2.75, 3.05) is 0 Å². The Morgan fingerprint density at radius 2 is 2.25 bits per heavy atom. The van der Waals surface area contributed by atoms with E-state index in [1.54, 1.807) is 0 Å². The fraction of sp³-hybridized carbons (Fsp3) is 0.700. The highest BCUT2D eigenvalue weighted by atomic mass is 15.3. The van der Waals surface area contributed by atoms with E-state index in [1.807, 2.05) is 0 Å². The van der Waals surface area contributed by atoms with Gasteiger partial charge < -0.3 is 0 Å². The van der Waals surface area contributed by atoms with Gasteiger partial charge in [-0.25, -0.2) is 0 Å². The minimum absolute atomic E-state index is 0.385. The maximum atomic E-state index is 4.45. The van der Waals surface area contributed by atoms with Crippen LogP contribution in [0.1, 0.15) is 38.1 Å². The summed E-state index contributed by atoms with van der Waals surface area (Å²) in [6, 6.07) is 2.21. The van der Waals surface area contributed by atoms with Gasteiger partial charge >= 0.3 is 0 Å². The maximum Gasteiger partial charge on any atom is 0.0596 e.